The molecule has 4 N–H and O–H groups in total. The molecule has 0 aliphatic heterocycles. The van der Waals surface area contributed by atoms with Gasteiger partial charge in [-0.05, 0) is 25.0 Å². The van der Waals surface area contributed by atoms with E-state index in [0.717, 1.165) is 22.0 Å². The van der Waals surface area contributed by atoms with Gasteiger partial charge in [0.15, 0.2) is 5.69 Å². The lowest BCUT2D eigenvalue weighted by atomic mass is 10.1. The quantitative estimate of drug-likeness (QED) is 0.445. The Morgan fingerprint density at radius 3 is 2.68 bits per heavy atom. The third-order valence-corrected chi connectivity index (χ3v) is 4.71. The van der Waals surface area contributed by atoms with Gasteiger partial charge >= 0.3 is 5.97 Å². The summed E-state index contributed by atoms with van der Waals surface area (Å²) in [5, 5.41) is 1.14. The molecule has 4 aromatic rings. The number of para-hydroxylation sites is 1. The van der Waals surface area contributed by atoms with Gasteiger partial charge in [-0.1, -0.05) is 48.5 Å². The standard InChI is InChI=1S/C22H22N4O2/c1-2-28-22(27)20-19(14-8-4-3-5-9-14)25-21(26-20)17(23)12-15-13-24-18-11-7-6-10-16(15)18/h3-11,13,17,24H,2,12,23H2,1H3,(H,25,26)/t17-/m1/s1. The third kappa shape index (κ3) is 3.42. The zero-order valence-electron chi connectivity index (χ0n) is 15.6. The molecule has 0 spiro atoms. The van der Waals surface area contributed by atoms with E-state index in [2.05, 4.69) is 21.0 Å². The van der Waals surface area contributed by atoms with E-state index in [4.69, 9.17) is 10.5 Å². The van der Waals surface area contributed by atoms with Crippen molar-refractivity contribution in [3.05, 3.63) is 77.9 Å². The Balaban J connectivity index is 1.68. The van der Waals surface area contributed by atoms with Crippen molar-refractivity contribution in [2.75, 3.05) is 6.61 Å². The molecule has 142 valence electrons. The van der Waals surface area contributed by atoms with E-state index < -0.39 is 5.97 Å². The maximum Gasteiger partial charge on any atom is 0.357 e. The molecule has 2 aromatic carbocycles. The lowest BCUT2D eigenvalue weighted by Crippen LogP contribution is -2.15. The fourth-order valence-corrected chi connectivity index (χ4v) is 3.36. The summed E-state index contributed by atoms with van der Waals surface area (Å²) in [7, 11) is 0. The summed E-state index contributed by atoms with van der Waals surface area (Å²) in [5.41, 5.74) is 10.4. The Morgan fingerprint density at radius 1 is 1.14 bits per heavy atom. The molecule has 4 rings (SSSR count). The molecule has 2 aromatic heterocycles. The molecule has 0 unspecified atom stereocenters. The van der Waals surface area contributed by atoms with E-state index in [1.165, 1.54) is 0 Å². The number of hydrogen-bond donors (Lipinski definition) is 3. The summed E-state index contributed by atoms with van der Waals surface area (Å²) in [6.07, 6.45) is 2.56. The van der Waals surface area contributed by atoms with Crippen LogP contribution in [-0.2, 0) is 11.2 Å². The number of nitrogens with zero attached hydrogens (tertiary/aromatic N) is 1. The molecule has 6 heteroatoms. The fourth-order valence-electron chi connectivity index (χ4n) is 3.36. The van der Waals surface area contributed by atoms with Gasteiger partial charge in [-0.25, -0.2) is 9.78 Å². The monoisotopic (exact) mass is 374 g/mol. The number of aromatic amines is 2. The summed E-state index contributed by atoms with van der Waals surface area (Å²) in [5.74, 6) is 0.131. The summed E-state index contributed by atoms with van der Waals surface area (Å²) in [4.78, 5) is 23.4. The van der Waals surface area contributed by atoms with Crippen LogP contribution >= 0.6 is 0 Å². The highest BCUT2D eigenvalue weighted by Crippen LogP contribution is 2.27. The van der Waals surface area contributed by atoms with Crippen molar-refractivity contribution in [3.8, 4) is 11.3 Å². The molecule has 0 saturated heterocycles. The van der Waals surface area contributed by atoms with E-state index in [0.29, 0.717) is 30.2 Å². The number of H-pyrrole nitrogens is 2. The number of fused-ring (bicyclic) bond motifs is 1. The number of nitrogens with one attached hydrogen (secondary N) is 2. The highest BCUT2D eigenvalue weighted by atomic mass is 16.5. The minimum absolute atomic E-state index is 0.294. The third-order valence-electron chi connectivity index (χ3n) is 4.71. The molecule has 2 heterocycles. The average Bonchev–Trinajstić information content (AvgIpc) is 3.34. The van der Waals surface area contributed by atoms with Crippen molar-refractivity contribution in [2.24, 2.45) is 5.73 Å². The van der Waals surface area contributed by atoms with Crippen LogP contribution in [-0.4, -0.2) is 27.5 Å². The highest BCUT2D eigenvalue weighted by Gasteiger charge is 2.23. The molecule has 28 heavy (non-hydrogen) atoms. The normalized spacial score (nSPS) is 12.2. The smallest absolute Gasteiger partial charge is 0.357 e. The average molecular weight is 374 g/mol. The van der Waals surface area contributed by atoms with Crippen LogP contribution in [0.3, 0.4) is 0 Å². The number of benzene rings is 2. The van der Waals surface area contributed by atoms with Crippen LogP contribution in [0, 0.1) is 0 Å². The van der Waals surface area contributed by atoms with Crippen LogP contribution in [0.5, 0.6) is 0 Å². The fraction of sp³-hybridized carbons (Fsp3) is 0.182. The Morgan fingerprint density at radius 2 is 1.89 bits per heavy atom. The van der Waals surface area contributed by atoms with Gasteiger partial charge in [-0.2, -0.15) is 0 Å². The lowest BCUT2D eigenvalue weighted by Gasteiger charge is -2.08. The maximum atomic E-state index is 12.4. The van der Waals surface area contributed by atoms with Crippen molar-refractivity contribution in [3.63, 3.8) is 0 Å². The van der Waals surface area contributed by atoms with Gasteiger partial charge < -0.3 is 20.4 Å². The van der Waals surface area contributed by atoms with Crippen LogP contribution in [0.2, 0.25) is 0 Å². The number of carbonyl (C=O) groups excluding carboxylic acids is 1. The zero-order chi connectivity index (χ0) is 19.5. The van der Waals surface area contributed by atoms with E-state index in [1.54, 1.807) is 6.92 Å². The number of imidazole rings is 1. The van der Waals surface area contributed by atoms with Crippen LogP contribution < -0.4 is 5.73 Å². The Labute approximate surface area is 162 Å². The van der Waals surface area contributed by atoms with E-state index >= 15 is 0 Å². The van der Waals surface area contributed by atoms with Gasteiger partial charge in [-0.3, -0.25) is 0 Å². The predicted molar refractivity (Wildman–Crippen MR) is 109 cm³/mol. The SMILES string of the molecule is CCOC(=O)c1[nH]c([C@H](N)Cc2c[nH]c3ccccc23)nc1-c1ccccc1. The molecule has 1 atom stereocenters. The molecule has 0 fully saturated rings. The van der Waals surface area contributed by atoms with Crippen LogP contribution in [0.15, 0.2) is 60.8 Å². The van der Waals surface area contributed by atoms with Gasteiger partial charge in [-0.15, -0.1) is 0 Å². The van der Waals surface area contributed by atoms with E-state index in [1.807, 2.05) is 54.7 Å². The molecular weight excluding hydrogens is 352 g/mol. The van der Waals surface area contributed by atoms with Gasteiger partial charge in [0.1, 0.15) is 11.5 Å². The highest BCUT2D eigenvalue weighted by molar-refractivity contribution is 5.94. The Bertz CT molecular complexity index is 1100. The number of rotatable bonds is 6. The molecular formula is C22H22N4O2. The van der Waals surface area contributed by atoms with Crippen molar-refractivity contribution in [2.45, 2.75) is 19.4 Å². The second-order valence-corrected chi connectivity index (χ2v) is 6.60. The number of hydrogen-bond acceptors (Lipinski definition) is 4. The molecule has 0 aliphatic rings. The first-order valence-corrected chi connectivity index (χ1v) is 9.30. The number of esters is 1. The zero-order valence-corrected chi connectivity index (χ0v) is 15.6. The molecule has 6 nitrogen and oxygen atoms in total. The summed E-state index contributed by atoms with van der Waals surface area (Å²) in [6.45, 7) is 2.07. The number of carbonyl (C=O) groups is 1. The first-order valence-electron chi connectivity index (χ1n) is 9.30. The van der Waals surface area contributed by atoms with Crippen LogP contribution in [0.1, 0.15) is 34.8 Å². The number of ether oxygens (including phenoxy) is 1. The molecule has 0 amide bonds. The second kappa shape index (κ2) is 7.70. The first kappa shape index (κ1) is 18.0. The number of nitrogens with two attached hydrogens (primary N) is 1. The Hall–Kier alpha value is -3.38. The van der Waals surface area contributed by atoms with E-state index in [-0.39, 0.29) is 6.04 Å². The number of aromatic nitrogens is 3. The first-order chi connectivity index (χ1) is 13.7. The minimum Gasteiger partial charge on any atom is -0.461 e. The van der Waals surface area contributed by atoms with Gasteiger partial charge in [0.05, 0.1) is 12.6 Å². The summed E-state index contributed by atoms with van der Waals surface area (Å²) < 4.78 is 5.19. The van der Waals surface area contributed by atoms with Gasteiger partial charge in [0, 0.05) is 22.7 Å². The summed E-state index contributed by atoms with van der Waals surface area (Å²) in [6, 6.07) is 17.3. The second-order valence-electron chi connectivity index (χ2n) is 6.60. The maximum absolute atomic E-state index is 12.4. The molecule has 0 aliphatic carbocycles. The van der Waals surface area contributed by atoms with Crippen molar-refractivity contribution >= 4 is 16.9 Å². The van der Waals surface area contributed by atoms with Gasteiger partial charge in [0.25, 0.3) is 0 Å². The molecule has 0 bridgehead atoms. The molecule has 0 radical (unpaired) electrons. The minimum atomic E-state index is -0.431. The van der Waals surface area contributed by atoms with Crippen molar-refractivity contribution < 1.29 is 9.53 Å². The summed E-state index contributed by atoms with van der Waals surface area (Å²) >= 11 is 0. The Kier molecular flexibility index (Phi) is 4.95. The predicted octanol–water partition coefficient (Wildman–Crippen LogP) is 3.98. The molecule has 0 saturated carbocycles. The van der Waals surface area contributed by atoms with Crippen LogP contribution in [0.4, 0.5) is 0 Å². The lowest BCUT2D eigenvalue weighted by molar-refractivity contribution is 0.0521. The topological polar surface area (TPSA) is 96.8 Å². The van der Waals surface area contributed by atoms with Crippen molar-refractivity contribution in [1.29, 1.82) is 0 Å². The largest absolute Gasteiger partial charge is 0.461 e. The van der Waals surface area contributed by atoms with E-state index in [9.17, 15) is 4.79 Å². The van der Waals surface area contributed by atoms with Crippen molar-refractivity contribution in [1.82, 2.24) is 15.0 Å². The van der Waals surface area contributed by atoms with Crippen LogP contribution in [0.25, 0.3) is 22.2 Å². The van der Waals surface area contributed by atoms with Gasteiger partial charge in [0.2, 0.25) is 0 Å².